The molecule has 0 aromatic heterocycles. The highest BCUT2D eigenvalue weighted by Gasteiger charge is 2.52. The van der Waals surface area contributed by atoms with E-state index in [1.54, 1.807) is 19.3 Å². The third-order valence-electron chi connectivity index (χ3n) is 6.58. The molecule has 0 amide bonds. The van der Waals surface area contributed by atoms with Gasteiger partial charge in [-0.1, -0.05) is 13.8 Å². The van der Waals surface area contributed by atoms with Gasteiger partial charge in [0, 0.05) is 0 Å². The minimum absolute atomic E-state index is 0.234. The van der Waals surface area contributed by atoms with Crippen LogP contribution in [0.2, 0.25) is 0 Å². The van der Waals surface area contributed by atoms with Crippen LogP contribution in [0.15, 0.2) is 0 Å². The van der Waals surface area contributed by atoms with Crippen molar-refractivity contribution in [3.8, 4) is 0 Å². The van der Waals surface area contributed by atoms with E-state index in [0.29, 0.717) is 5.41 Å². The zero-order valence-corrected chi connectivity index (χ0v) is 14.5. The lowest BCUT2D eigenvalue weighted by Gasteiger charge is -2.59. The summed E-state index contributed by atoms with van der Waals surface area (Å²) in [5, 5.41) is 0. The molecule has 4 saturated carbocycles. The van der Waals surface area contributed by atoms with Crippen LogP contribution in [0.1, 0.15) is 71.6 Å². The smallest absolute Gasteiger partial charge is 0.146 e. The highest BCUT2D eigenvalue weighted by atomic mass is 28.2. The molecule has 0 unspecified atom stereocenters. The van der Waals surface area contributed by atoms with Crippen molar-refractivity contribution in [2.24, 2.45) is 23.2 Å². The largest absolute Gasteiger partial charge is 0.422 e. The van der Waals surface area contributed by atoms with E-state index in [2.05, 4.69) is 13.8 Å². The van der Waals surface area contributed by atoms with E-state index in [1.807, 2.05) is 0 Å². The van der Waals surface area contributed by atoms with E-state index < -0.39 is 0 Å². The molecule has 4 aliphatic carbocycles. The Hall–Kier alpha value is 0.177. The van der Waals surface area contributed by atoms with Gasteiger partial charge in [0.15, 0.2) is 0 Å². The first kappa shape index (κ1) is 13.2. The maximum atomic E-state index is 6.11. The van der Waals surface area contributed by atoms with Crippen molar-refractivity contribution >= 4 is 10.5 Å². The molecule has 4 bridgehead atoms. The molecule has 4 rings (SSSR count). The van der Waals surface area contributed by atoms with Gasteiger partial charge in [0.1, 0.15) is 10.5 Å². The van der Waals surface area contributed by atoms with Crippen LogP contribution in [-0.4, -0.2) is 16.1 Å². The molecule has 0 spiro atoms. The Bertz CT molecular complexity index is 265. The molecule has 0 atom stereocenters. The molecule has 0 saturated heterocycles. The predicted molar refractivity (Wildman–Crippen MR) is 79.6 cm³/mol. The first-order chi connectivity index (χ1) is 8.62. The van der Waals surface area contributed by atoms with Gasteiger partial charge in [-0.2, -0.15) is 0 Å². The van der Waals surface area contributed by atoms with Crippen LogP contribution in [0.4, 0.5) is 0 Å². The van der Waals surface area contributed by atoms with Gasteiger partial charge in [0.05, 0.1) is 5.60 Å². The normalized spacial score (nSPS) is 42.7. The fourth-order valence-electron chi connectivity index (χ4n) is 6.05. The van der Waals surface area contributed by atoms with Crippen molar-refractivity contribution in [3.63, 3.8) is 0 Å². The molecule has 2 heteroatoms. The highest BCUT2D eigenvalue weighted by molar-refractivity contribution is 5.98. The van der Waals surface area contributed by atoms with E-state index in [9.17, 15) is 0 Å². The van der Waals surface area contributed by atoms with E-state index in [1.165, 1.54) is 38.5 Å². The molecule has 18 heavy (non-hydrogen) atoms. The lowest BCUT2D eigenvalue weighted by Crippen LogP contribution is -2.50. The second kappa shape index (κ2) is 4.62. The molecule has 0 N–H and O–H groups in total. The van der Waals surface area contributed by atoms with Crippen LogP contribution in [0, 0.1) is 23.2 Å². The Morgan fingerprint density at radius 2 is 1.44 bits per heavy atom. The van der Waals surface area contributed by atoms with E-state index in [4.69, 9.17) is 4.43 Å². The third-order valence-corrected chi connectivity index (χ3v) is 7.45. The SMILES string of the molecule is CCC(CC)(CC12CC3CC(CC(C3)C1)C2)O[SiH3]. The van der Waals surface area contributed by atoms with Crippen molar-refractivity contribution in [1.29, 1.82) is 0 Å². The maximum absolute atomic E-state index is 6.11. The fraction of sp³-hybridized carbons (Fsp3) is 1.00. The van der Waals surface area contributed by atoms with Gasteiger partial charge in [-0.05, 0) is 81.0 Å². The van der Waals surface area contributed by atoms with E-state index in [-0.39, 0.29) is 5.60 Å². The average Bonchev–Trinajstić information content (AvgIpc) is 2.34. The minimum atomic E-state index is 0.234. The topological polar surface area (TPSA) is 9.23 Å². The van der Waals surface area contributed by atoms with Crippen LogP contribution in [0.3, 0.4) is 0 Å². The summed E-state index contributed by atoms with van der Waals surface area (Å²) in [6, 6.07) is 0. The van der Waals surface area contributed by atoms with Crippen molar-refractivity contribution in [2.75, 3.05) is 0 Å². The van der Waals surface area contributed by atoms with Gasteiger partial charge >= 0.3 is 0 Å². The third kappa shape index (κ3) is 2.09. The van der Waals surface area contributed by atoms with E-state index in [0.717, 1.165) is 28.2 Å². The minimum Gasteiger partial charge on any atom is -0.422 e. The first-order valence-corrected chi connectivity index (χ1v) is 8.99. The summed E-state index contributed by atoms with van der Waals surface area (Å²) in [5.41, 5.74) is 0.920. The highest BCUT2D eigenvalue weighted by Crippen LogP contribution is 2.62. The summed E-state index contributed by atoms with van der Waals surface area (Å²) < 4.78 is 6.11. The molecular weight excluding hydrogens is 236 g/mol. The van der Waals surface area contributed by atoms with Gasteiger partial charge < -0.3 is 4.43 Å². The van der Waals surface area contributed by atoms with Crippen LogP contribution in [0.25, 0.3) is 0 Å². The van der Waals surface area contributed by atoms with Crippen molar-refractivity contribution < 1.29 is 4.43 Å². The average molecular weight is 267 g/mol. The molecule has 0 aromatic rings. The van der Waals surface area contributed by atoms with Crippen LogP contribution in [-0.2, 0) is 4.43 Å². The lowest BCUT2D eigenvalue weighted by atomic mass is 9.47. The van der Waals surface area contributed by atoms with Gasteiger partial charge in [0.25, 0.3) is 0 Å². The van der Waals surface area contributed by atoms with Gasteiger partial charge in [-0.3, -0.25) is 0 Å². The zero-order chi connectivity index (χ0) is 12.8. The maximum Gasteiger partial charge on any atom is 0.146 e. The lowest BCUT2D eigenvalue weighted by molar-refractivity contribution is -0.0966. The van der Waals surface area contributed by atoms with Crippen LogP contribution in [0.5, 0.6) is 0 Å². The quantitative estimate of drug-likeness (QED) is 0.693. The number of hydrogen-bond donors (Lipinski definition) is 0. The molecule has 104 valence electrons. The summed E-state index contributed by atoms with van der Waals surface area (Å²) >= 11 is 0. The summed E-state index contributed by atoms with van der Waals surface area (Å²) in [4.78, 5) is 0. The second-order valence-corrected chi connectivity index (χ2v) is 8.10. The van der Waals surface area contributed by atoms with Crippen molar-refractivity contribution in [2.45, 2.75) is 77.2 Å². The molecule has 0 aromatic carbocycles. The molecule has 1 nitrogen and oxygen atoms in total. The Morgan fingerprint density at radius 1 is 1.00 bits per heavy atom. The van der Waals surface area contributed by atoms with Crippen LogP contribution < -0.4 is 0 Å². The van der Waals surface area contributed by atoms with Gasteiger partial charge in [-0.25, -0.2) is 0 Å². The molecule has 4 aliphatic rings. The molecule has 0 radical (unpaired) electrons. The summed E-state index contributed by atoms with van der Waals surface area (Å²) in [5.74, 6) is 3.24. The zero-order valence-electron chi connectivity index (χ0n) is 12.5. The van der Waals surface area contributed by atoms with Crippen molar-refractivity contribution in [3.05, 3.63) is 0 Å². The summed E-state index contributed by atoms with van der Waals surface area (Å²) in [7, 11) is 0.905. The molecular formula is C16H30OSi. The molecule has 0 aliphatic heterocycles. The molecule has 0 heterocycles. The molecule has 4 fully saturated rings. The van der Waals surface area contributed by atoms with Crippen molar-refractivity contribution in [1.82, 2.24) is 0 Å². The fourth-order valence-corrected chi connectivity index (χ4v) is 6.77. The summed E-state index contributed by atoms with van der Waals surface area (Å²) in [6.45, 7) is 4.67. The Morgan fingerprint density at radius 3 is 1.78 bits per heavy atom. The Labute approximate surface area is 116 Å². The van der Waals surface area contributed by atoms with Gasteiger partial charge in [-0.15, -0.1) is 0 Å². The summed E-state index contributed by atoms with van der Waals surface area (Å²) in [6.07, 6.45) is 13.1. The Kier molecular flexibility index (Phi) is 3.38. The monoisotopic (exact) mass is 266 g/mol. The van der Waals surface area contributed by atoms with Gasteiger partial charge in [0.2, 0.25) is 0 Å². The standard InChI is InChI=1S/C16H30OSi/c1-3-16(4-2,17-18)11-15-8-12-5-13(9-15)7-14(6-12)10-15/h12-14H,3-11H2,1-2,18H3. The Balaban J connectivity index is 1.79. The number of rotatable bonds is 5. The number of hydrogen-bond acceptors (Lipinski definition) is 1. The van der Waals surface area contributed by atoms with Crippen LogP contribution >= 0.6 is 0 Å². The second-order valence-electron chi connectivity index (χ2n) is 7.69. The first-order valence-electron chi connectivity index (χ1n) is 8.18. The predicted octanol–water partition coefficient (Wildman–Crippen LogP) is 3.45. The van der Waals surface area contributed by atoms with E-state index >= 15 is 0 Å².